The molecule has 1 aromatic heterocycles. The molecule has 1 unspecified atom stereocenters. The van der Waals surface area contributed by atoms with Crippen LogP contribution in [0.3, 0.4) is 0 Å². The highest BCUT2D eigenvalue weighted by atomic mass is 32.2. The summed E-state index contributed by atoms with van der Waals surface area (Å²) in [5, 5.41) is 1.32. The smallest absolute Gasteiger partial charge is 0.240 e. The van der Waals surface area contributed by atoms with Gasteiger partial charge >= 0.3 is 0 Å². The molecule has 5 rings (SSSR count). The number of fused-ring (bicyclic) bond motifs is 2. The number of aryl methyl sites for hydroxylation is 1. The summed E-state index contributed by atoms with van der Waals surface area (Å²) in [7, 11) is -5.60. The summed E-state index contributed by atoms with van der Waals surface area (Å²) in [6.07, 6.45) is 14.9. The van der Waals surface area contributed by atoms with Crippen molar-refractivity contribution in [1.82, 2.24) is 8.95 Å². The number of anilines is 1. The molecule has 0 bridgehead atoms. The number of benzene rings is 2. The fourth-order valence-electron chi connectivity index (χ4n) is 4.98. The minimum absolute atomic E-state index is 0.0115. The molecule has 0 fully saturated rings. The van der Waals surface area contributed by atoms with Crippen molar-refractivity contribution in [1.29, 1.82) is 0 Å². The second-order valence-corrected chi connectivity index (χ2v) is 18.6. The molecule has 0 spiro atoms. The largest absolute Gasteiger partial charge is 0.372 e. The molecule has 1 N–H and O–H groups in total. The molecule has 0 amide bonds. The Morgan fingerprint density at radius 1 is 0.974 bits per heavy atom. The van der Waals surface area contributed by atoms with Gasteiger partial charge in [0.2, 0.25) is 10.0 Å². The Bertz CT molecular complexity index is 1600. The third kappa shape index (κ3) is 4.63. The number of rotatable bonds is 6. The average molecular weight is 544 g/mol. The molecule has 1 aliphatic heterocycles. The molecule has 0 saturated heterocycles. The molecule has 1 atom stereocenters. The highest BCUT2D eigenvalue weighted by molar-refractivity contribution is 7.89. The normalized spacial score (nSPS) is 17.9. The standard InChI is InChI=1S/C31H37N3O2SSi/c1-23-15-19-26(20-16-23)37(35,36)32-21-25-18-17-24-11-7-9-13-28(24)34(25)30-22-33(38(5,6)31(2,3)4)29-14-10-8-12-27(29)30/h7-20,22,28,32H,21H2,1-6H3. The molecule has 2 aromatic carbocycles. The van der Waals surface area contributed by atoms with E-state index in [2.05, 4.69) is 109 Å². The zero-order chi connectivity index (χ0) is 27.3. The summed E-state index contributed by atoms with van der Waals surface area (Å²) in [6, 6.07) is 15.5. The van der Waals surface area contributed by atoms with Crippen LogP contribution in [0.25, 0.3) is 10.9 Å². The highest BCUT2D eigenvalue weighted by Gasteiger charge is 2.40. The van der Waals surface area contributed by atoms with E-state index >= 15 is 0 Å². The van der Waals surface area contributed by atoms with Gasteiger partial charge in [-0.05, 0) is 41.8 Å². The van der Waals surface area contributed by atoms with Gasteiger partial charge in [-0.1, -0.05) is 100 Å². The van der Waals surface area contributed by atoms with Crippen molar-refractivity contribution in [3.63, 3.8) is 0 Å². The van der Waals surface area contributed by atoms with Crippen LogP contribution in [0.1, 0.15) is 26.3 Å². The third-order valence-electron chi connectivity index (χ3n) is 8.25. The van der Waals surface area contributed by atoms with Crippen LogP contribution in [0.4, 0.5) is 5.69 Å². The molecule has 3 aromatic rings. The number of aromatic nitrogens is 1. The third-order valence-corrected chi connectivity index (χ3v) is 14.9. The molecule has 2 heterocycles. The first-order valence-electron chi connectivity index (χ1n) is 13.1. The number of sulfonamides is 1. The van der Waals surface area contributed by atoms with Crippen LogP contribution in [0.5, 0.6) is 0 Å². The number of nitrogens with one attached hydrogen (secondary N) is 1. The van der Waals surface area contributed by atoms with Gasteiger partial charge in [0.15, 0.2) is 8.24 Å². The Morgan fingerprint density at radius 2 is 1.68 bits per heavy atom. The second kappa shape index (κ2) is 9.56. The van der Waals surface area contributed by atoms with Crippen LogP contribution in [-0.4, -0.2) is 33.5 Å². The maximum atomic E-state index is 13.2. The maximum Gasteiger partial charge on any atom is 0.240 e. The topological polar surface area (TPSA) is 54.3 Å². The van der Waals surface area contributed by atoms with E-state index in [0.717, 1.165) is 16.9 Å². The Balaban J connectivity index is 1.60. The summed E-state index contributed by atoms with van der Waals surface area (Å²) < 4.78 is 31.7. The predicted molar refractivity (Wildman–Crippen MR) is 162 cm³/mol. The minimum Gasteiger partial charge on any atom is -0.372 e. The Morgan fingerprint density at radius 3 is 2.39 bits per heavy atom. The fraction of sp³-hybridized carbons (Fsp3) is 0.290. The van der Waals surface area contributed by atoms with Gasteiger partial charge < -0.3 is 9.13 Å². The van der Waals surface area contributed by atoms with Gasteiger partial charge in [0.05, 0.1) is 23.2 Å². The number of hydrogen-bond acceptors (Lipinski definition) is 3. The summed E-state index contributed by atoms with van der Waals surface area (Å²) in [5.41, 5.74) is 5.44. The SMILES string of the molecule is Cc1ccc(S(=O)(=O)NCC2=CC=C3C=CC=CC3N2c2cn([Si](C)(C)C(C)(C)C)c3ccccc23)cc1. The van der Waals surface area contributed by atoms with Crippen LogP contribution in [0.2, 0.25) is 18.1 Å². The summed E-state index contributed by atoms with van der Waals surface area (Å²) in [5.74, 6) is 0. The van der Waals surface area contributed by atoms with Gasteiger partial charge in [-0.2, -0.15) is 0 Å². The monoisotopic (exact) mass is 543 g/mol. The lowest BCUT2D eigenvalue weighted by Gasteiger charge is -2.39. The van der Waals surface area contributed by atoms with Crippen molar-refractivity contribution < 1.29 is 8.42 Å². The van der Waals surface area contributed by atoms with E-state index in [9.17, 15) is 8.42 Å². The van der Waals surface area contributed by atoms with Crippen molar-refractivity contribution in [2.75, 3.05) is 11.4 Å². The quantitative estimate of drug-likeness (QED) is 0.344. The van der Waals surface area contributed by atoms with Gasteiger partial charge in [-0.3, -0.25) is 0 Å². The Kier molecular flexibility index (Phi) is 6.66. The summed E-state index contributed by atoms with van der Waals surface area (Å²) >= 11 is 0. The molecule has 7 heteroatoms. The highest BCUT2D eigenvalue weighted by Crippen LogP contribution is 2.43. The van der Waals surface area contributed by atoms with E-state index in [0.29, 0.717) is 0 Å². The number of nitrogens with zero attached hydrogens (tertiary/aromatic N) is 2. The van der Waals surface area contributed by atoms with Gasteiger partial charge in [0.25, 0.3) is 0 Å². The van der Waals surface area contributed by atoms with Gasteiger partial charge in [-0.15, -0.1) is 0 Å². The van der Waals surface area contributed by atoms with E-state index < -0.39 is 18.3 Å². The molecular weight excluding hydrogens is 507 g/mol. The van der Waals surface area contributed by atoms with E-state index in [1.54, 1.807) is 12.1 Å². The van der Waals surface area contributed by atoms with Crippen molar-refractivity contribution in [2.24, 2.45) is 0 Å². The summed E-state index contributed by atoms with van der Waals surface area (Å²) in [4.78, 5) is 2.58. The lowest BCUT2D eigenvalue weighted by atomic mass is 9.95. The van der Waals surface area contributed by atoms with Gasteiger partial charge in [-0.25, -0.2) is 13.1 Å². The van der Waals surface area contributed by atoms with E-state index in [1.807, 2.05) is 25.1 Å². The van der Waals surface area contributed by atoms with Gasteiger partial charge in [0, 0.05) is 22.8 Å². The van der Waals surface area contributed by atoms with E-state index in [4.69, 9.17) is 0 Å². The average Bonchev–Trinajstić information content (AvgIpc) is 3.27. The molecule has 5 nitrogen and oxygen atoms in total. The van der Waals surface area contributed by atoms with Crippen molar-refractivity contribution in [3.05, 3.63) is 108 Å². The van der Waals surface area contributed by atoms with Crippen LogP contribution >= 0.6 is 0 Å². The van der Waals surface area contributed by atoms with Crippen LogP contribution in [0.15, 0.2) is 107 Å². The van der Waals surface area contributed by atoms with Gasteiger partial charge in [0.1, 0.15) is 0 Å². The lowest BCUT2D eigenvalue weighted by Crippen LogP contribution is -2.45. The second-order valence-electron chi connectivity index (χ2n) is 11.7. The Labute approximate surface area is 228 Å². The first-order valence-corrected chi connectivity index (χ1v) is 17.5. The lowest BCUT2D eigenvalue weighted by molar-refractivity contribution is 0.583. The van der Waals surface area contributed by atoms with E-state index in [1.165, 1.54) is 16.5 Å². The predicted octanol–water partition coefficient (Wildman–Crippen LogP) is 6.91. The first kappa shape index (κ1) is 26.5. The van der Waals surface area contributed by atoms with Crippen LogP contribution < -0.4 is 9.62 Å². The van der Waals surface area contributed by atoms with E-state index in [-0.39, 0.29) is 22.5 Å². The van der Waals surface area contributed by atoms with Crippen LogP contribution in [-0.2, 0) is 10.0 Å². The van der Waals surface area contributed by atoms with Crippen LogP contribution in [0, 0.1) is 6.92 Å². The maximum absolute atomic E-state index is 13.2. The number of allylic oxidation sites excluding steroid dienone is 4. The minimum atomic E-state index is -3.66. The fourth-order valence-corrected chi connectivity index (χ4v) is 7.95. The molecule has 1 aliphatic carbocycles. The molecule has 38 heavy (non-hydrogen) atoms. The first-order chi connectivity index (χ1) is 17.9. The van der Waals surface area contributed by atoms with Crippen molar-refractivity contribution in [2.45, 2.75) is 56.8 Å². The number of hydrogen-bond donors (Lipinski definition) is 1. The summed E-state index contributed by atoms with van der Waals surface area (Å²) in [6.45, 7) is 14.0. The molecule has 0 radical (unpaired) electrons. The number of para-hydroxylation sites is 1. The molecular formula is C31H37N3O2SSi. The molecule has 0 saturated carbocycles. The zero-order valence-electron chi connectivity index (χ0n) is 23.1. The molecule has 2 aliphatic rings. The zero-order valence-corrected chi connectivity index (χ0v) is 24.9. The molecule has 198 valence electrons. The Hall–Kier alpha value is -3.13. The van der Waals surface area contributed by atoms with Crippen molar-refractivity contribution >= 4 is 34.8 Å². The van der Waals surface area contributed by atoms with Crippen molar-refractivity contribution in [3.8, 4) is 0 Å².